The van der Waals surface area contributed by atoms with Crippen LogP contribution in [0.4, 0.5) is 0 Å². The third kappa shape index (κ3) is 9.02. The van der Waals surface area contributed by atoms with Gasteiger partial charge in [0.15, 0.2) is 0 Å². The molecule has 2 atom stereocenters. The third-order valence-electron chi connectivity index (χ3n) is 10.2. The summed E-state index contributed by atoms with van der Waals surface area (Å²) in [5.41, 5.74) is 1.86. The van der Waals surface area contributed by atoms with Gasteiger partial charge in [0.25, 0.3) is 0 Å². The molecule has 2 unspecified atom stereocenters. The summed E-state index contributed by atoms with van der Waals surface area (Å²) in [7, 11) is 0. The number of benzene rings is 3. The molecular formula is C42H56N2O6. The maximum absolute atomic E-state index is 13.2. The van der Waals surface area contributed by atoms with Crippen LogP contribution in [0, 0.1) is 0 Å². The van der Waals surface area contributed by atoms with Gasteiger partial charge in [0.05, 0.1) is 11.1 Å². The Labute approximate surface area is 298 Å². The van der Waals surface area contributed by atoms with Gasteiger partial charge in [0, 0.05) is 22.2 Å². The first-order valence-corrected chi connectivity index (χ1v) is 18.1. The van der Waals surface area contributed by atoms with Crippen molar-refractivity contribution in [2.24, 2.45) is 0 Å². The van der Waals surface area contributed by atoms with E-state index < -0.39 is 24.1 Å². The molecule has 8 nitrogen and oxygen atoms in total. The molecule has 2 aliphatic rings. The molecule has 0 amide bonds. The van der Waals surface area contributed by atoms with Crippen molar-refractivity contribution in [2.45, 2.75) is 128 Å². The van der Waals surface area contributed by atoms with Crippen molar-refractivity contribution in [3.8, 4) is 0 Å². The SMILES string of the molecule is CC1(C)CCCC(C)(C)N1OC(COC(=O)c1ccc(C(=O)OCC(ON2C(C)(C)CCCC2(C)C)c2ccccc2)cc1)c1ccccc1. The minimum atomic E-state index is -0.490. The molecule has 0 saturated carbocycles. The number of carbonyl (C=O) groups is 2. The van der Waals surface area contributed by atoms with E-state index in [1.807, 2.05) is 60.7 Å². The molecule has 3 aromatic carbocycles. The van der Waals surface area contributed by atoms with Crippen molar-refractivity contribution < 1.29 is 28.7 Å². The van der Waals surface area contributed by atoms with Crippen LogP contribution in [0.1, 0.15) is 138 Å². The molecule has 3 aromatic rings. The van der Waals surface area contributed by atoms with E-state index in [2.05, 4.69) is 65.5 Å². The van der Waals surface area contributed by atoms with Crippen LogP contribution in [0.25, 0.3) is 0 Å². The van der Waals surface area contributed by atoms with Gasteiger partial charge in [0.1, 0.15) is 25.4 Å². The molecule has 5 rings (SSSR count). The highest BCUT2D eigenvalue weighted by atomic mass is 16.7. The lowest BCUT2D eigenvalue weighted by Gasteiger charge is -2.52. The number of esters is 2. The summed E-state index contributed by atoms with van der Waals surface area (Å²) in [6, 6.07) is 26.1. The molecular weight excluding hydrogens is 628 g/mol. The van der Waals surface area contributed by atoms with Gasteiger partial charge in [-0.05, 0) is 129 Å². The van der Waals surface area contributed by atoms with Crippen LogP contribution in [-0.4, -0.2) is 57.4 Å². The van der Waals surface area contributed by atoms with Crippen LogP contribution in [0.15, 0.2) is 84.9 Å². The summed E-state index contributed by atoms with van der Waals surface area (Å²) in [6.07, 6.45) is 5.36. The van der Waals surface area contributed by atoms with E-state index in [1.54, 1.807) is 24.3 Å². The second-order valence-corrected chi connectivity index (χ2v) is 16.3. The number of piperidine rings is 2. The summed E-state index contributed by atoms with van der Waals surface area (Å²) in [6.45, 7) is 17.6. The first kappa shape index (κ1) is 37.7. The standard InChI is InChI=1S/C42H56N2O6/c1-39(2)25-15-26-40(3,4)43(39)49-35(31-17-11-9-12-18-31)29-47-37(45)33-21-23-34(24-22-33)38(46)48-30-36(32-19-13-10-14-20-32)50-44-41(5,6)27-16-28-42(44,7)8/h9-14,17-24,35-36H,15-16,25-30H2,1-8H3. The van der Waals surface area contributed by atoms with E-state index in [0.29, 0.717) is 11.1 Å². The molecule has 0 bridgehead atoms. The van der Waals surface area contributed by atoms with Crippen molar-refractivity contribution in [2.75, 3.05) is 13.2 Å². The number of hydroxylamine groups is 4. The van der Waals surface area contributed by atoms with Gasteiger partial charge in [-0.15, -0.1) is 0 Å². The summed E-state index contributed by atoms with van der Waals surface area (Å²) < 4.78 is 11.7. The Morgan fingerprint density at radius 2 is 0.820 bits per heavy atom. The Bertz CT molecular complexity index is 1420. The molecule has 50 heavy (non-hydrogen) atoms. The van der Waals surface area contributed by atoms with Crippen molar-refractivity contribution in [1.29, 1.82) is 0 Å². The zero-order valence-corrected chi connectivity index (χ0v) is 31.2. The predicted octanol–water partition coefficient (Wildman–Crippen LogP) is 9.43. The normalized spacial score (nSPS) is 21.1. The van der Waals surface area contributed by atoms with Crippen LogP contribution >= 0.6 is 0 Å². The Kier molecular flexibility index (Phi) is 11.6. The fourth-order valence-corrected chi connectivity index (χ4v) is 7.70. The van der Waals surface area contributed by atoms with Crippen LogP contribution in [-0.2, 0) is 19.1 Å². The average Bonchev–Trinajstić information content (AvgIpc) is 3.07. The summed E-state index contributed by atoms with van der Waals surface area (Å²) in [4.78, 5) is 39.8. The number of nitrogens with zero attached hydrogens (tertiary/aromatic N) is 2. The van der Waals surface area contributed by atoms with Crippen molar-refractivity contribution in [3.05, 3.63) is 107 Å². The molecule has 0 N–H and O–H groups in total. The van der Waals surface area contributed by atoms with Crippen LogP contribution in [0.2, 0.25) is 0 Å². The van der Waals surface area contributed by atoms with Gasteiger partial charge in [-0.1, -0.05) is 60.7 Å². The lowest BCUT2D eigenvalue weighted by molar-refractivity contribution is -0.311. The van der Waals surface area contributed by atoms with Gasteiger partial charge in [-0.3, -0.25) is 9.68 Å². The number of rotatable bonds is 12. The number of carbonyl (C=O) groups excluding carboxylic acids is 2. The monoisotopic (exact) mass is 684 g/mol. The first-order valence-electron chi connectivity index (χ1n) is 18.1. The van der Waals surface area contributed by atoms with E-state index in [4.69, 9.17) is 19.1 Å². The Balaban J connectivity index is 1.23. The molecule has 0 aromatic heterocycles. The fraction of sp³-hybridized carbons (Fsp3) is 0.524. The predicted molar refractivity (Wildman–Crippen MR) is 195 cm³/mol. The van der Waals surface area contributed by atoms with Gasteiger partial charge in [0.2, 0.25) is 0 Å². The molecule has 8 heteroatoms. The van der Waals surface area contributed by atoms with Crippen LogP contribution in [0.5, 0.6) is 0 Å². The summed E-state index contributed by atoms with van der Waals surface area (Å²) >= 11 is 0. The second-order valence-electron chi connectivity index (χ2n) is 16.3. The molecule has 0 radical (unpaired) electrons. The number of hydrogen-bond donors (Lipinski definition) is 0. The Morgan fingerprint density at radius 3 is 1.12 bits per heavy atom. The van der Waals surface area contributed by atoms with Gasteiger partial charge >= 0.3 is 11.9 Å². The Hall–Kier alpha value is -3.56. The largest absolute Gasteiger partial charge is 0.459 e. The number of hydrogen-bond acceptors (Lipinski definition) is 8. The van der Waals surface area contributed by atoms with Crippen molar-refractivity contribution in [3.63, 3.8) is 0 Å². The van der Waals surface area contributed by atoms with E-state index in [-0.39, 0.29) is 35.4 Å². The zero-order valence-electron chi connectivity index (χ0n) is 31.2. The molecule has 0 aliphatic carbocycles. The second kappa shape index (κ2) is 15.4. The lowest BCUT2D eigenvalue weighted by atomic mass is 9.82. The zero-order chi connectivity index (χ0) is 36.2. The lowest BCUT2D eigenvalue weighted by Crippen LogP contribution is -2.58. The molecule has 2 heterocycles. The molecule has 2 saturated heterocycles. The maximum atomic E-state index is 13.2. The number of ether oxygens (including phenoxy) is 2. The molecule has 270 valence electrons. The topological polar surface area (TPSA) is 77.5 Å². The summed E-state index contributed by atoms with van der Waals surface area (Å²) in [5, 5.41) is 4.19. The Morgan fingerprint density at radius 1 is 0.520 bits per heavy atom. The van der Waals surface area contributed by atoms with Gasteiger partial charge in [-0.25, -0.2) is 9.59 Å². The molecule has 2 fully saturated rings. The smallest absolute Gasteiger partial charge is 0.338 e. The summed E-state index contributed by atoms with van der Waals surface area (Å²) in [5.74, 6) is -0.980. The molecule has 0 spiro atoms. The average molecular weight is 685 g/mol. The third-order valence-corrected chi connectivity index (χ3v) is 10.2. The molecule has 2 aliphatic heterocycles. The first-order chi connectivity index (χ1) is 23.6. The van der Waals surface area contributed by atoms with Gasteiger partial charge < -0.3 is 9.47 Å². The van der Waals surface area contributed by atoms with E-state index in [9.17, 15) is 9.59 Å². The van der Waals surface area contributed by atoms with E-state index in [0.717, 1.165) is 49.7 Å². The van der Waals surface area contributed by atoms with Crippen molar-refractivity contribution in [1.82, 2.24) is 10.1 Å². The van der Waals surface area contributed by atoms with Gasteiger partial charge in [-0.2, -0.15) is 10.1 Å². The van der Waals surface area contributed by atoms with Crippen molar-refractivity contribution >= 4 is 11.9 Å². The highest BCUT2D eigenvalue weighted by Gasteiger charge is 2.45. The minimum Gasteiger partial charge on any atom is -0.459 e. The highest BCUT2D eigenvalue weighted by Crippen LogP contribution is 2.42. The maximum Gasteiger partial charge on any atom is 0.338 e. The van der Waals surface area contributed by atoms with Crippen LogP contribution < -0.4 is 0 Å². The fourth-order valence-electron chi connectivity index (χ4n) is 7.70. The van der Waals surface area contributed by atoms with E-state index in [1.165, 1.54) is 0 Å². The minimum absolute atomic E-state index is 0.0425. The van der Waals surface area contributed by atoms with E-state index >= 15 is 0 Å². The quantitative estimate of drug-likeness (QED) is 0.175. The highest BCUT2D eigenvalue weighted by molar-refractivity contribution is 5.93. The van der Waals surface area contributed by atoms with Crippen LogP contribution in [0.3, 0.4) is 0 Å².